The van der Waals surface area contributed by atoms with Crippen molar-refractivity contribution in [2.45, 2.75) is 0 Å². The van der Waals surface area contributed by atoms with Crippen LogP contribution in [0.2, 0.25) is 0 Å². The van der Waals surface area contributed by atoms with Crippen molar-refractivity contribution in [3.05, 3.63) is 0 Å². The molecule has 0 spiro atoms. The Hall–Kier alpha value is 2.45. The molecular weight excluding hydrogens is 273 g/mol. The molecule has 0 aromatic carbocycles. The van der Waals surface area contributed by atoms with Crippen LogP contribution in [-0.4, -0.2) is 5.34 Å². The fourth-order valence-corrected chi connectivity index (χ4v) is 0. The van der Waals surface area contributed by atoms with E-state index < -0.39 is 0 Å². The smallest absolute Gasteiger partial charge is 1.00 e. The zero-order valence-electron chi connectivity index (χ0n) is 3.47. The molecule has 0 aromatic heterocycles. The van der Waals surface area contributed by atoms with Gasteiger partial charge in [-0.25, -0.2) is 0 Å². The molecular formula is CH2Cl6Ti. The van der Waals surface area contributed by atoms with E-state index in [1.807, 2.05) is 0 Å². The first kappa shape index (κ1) is 47.1. The predicted molar refractivity (Wildman–Crippen MR) is 16.6 cm³/mol. The van der Waals surface area contributed by atoms with Crippen molar-refractivity contribution in [2.75, 3.05) is 5.34 Å². The summed E-state index contributed by atoms with van der Waals surface area (Å²) in [6, 6.07) is 0. The second kappa shape index (κ2) is 56.6. The summed E-state index contributed by atoms with van der Waals surface area (Å²) >= 11 is 9.53. The summed E-state index contributed by atoms with van der Waals surface area (Å²) in [5.41, 5.74) is 0. The van der Waals surface area contributed by atoms with Gasteiger partial charge in [-0.2, -0.15) is 0 Å². The molecule has 0 radical (unpaired) electrons. The van der Waals surface area contributed by atoms with Crippen LogP contribution in [-0.2, 0) is 21.7 Å². The second-order valence-electron chi connectivity index (χ2n) is 0.101. The van der Waals surface area contributed by atoms with Gasteiger partial charge in [-0.1, -0.05) is 0 Å². The van der Waals surface area contributed by atoms with Gasteiger partial charge in [0.2, 0.25) is 0 Å². The van der Waals surface area contributed by atoms with E-state index in [9.17, 15) is 0 Å². The molecule has 0 nitrogen and oxygen atoms in total. The van der Waals surface area contributed by atoms with E-state index in [0.717, 1.165) is 0 Å². The van der Waals surface area contributed by atoms with Gasteiger partial charge >= 0.3 is 21.7 Å². The van der Waals surface area contributed by atoms with Gasteiger partial charge in [-0.05, 0) is 0 Å². The van der Waals surface area contributed by atoms with Crippen LogP contribution in [0.25, 0.3) is 0 Å². The van der Waals surface area contributed by atoms with E-state index >= 15 is 0 Å². The monoisotopic (exact) mass is 272 g/mol. The molecule has 52 valence electrons. The molecule has 0 aliphatic carbocycles. The van der Waals surface area contributed by atoms with Gasteiger partial charge in [0.25, 0.3) is 0 Å². The third-order valence-corrected chi connectivity index (χ3v) is 0. The van der Waals surface area contributed by atoms with Crippen molar-refractivity contribution >= 4 is 23.2 Å². The van der Waals surface area contributed by atoms with Crippen LogP contribution >= 0.6 is 23.2 Å². The number of rotatable bonds is 0. The van der Waals surface area contributed by atoms with Crippen LogP contribution in [0.4, 0.5) is 0 Å². The van der Waals surface area contributed by atoms with Crippen LogP contribution < -0.4 is 49.6 Å². The minimum Gasteiger partial charge on any atom is -1.00 e. The molecule has 0 heterocycles. The third kappa shape index (κ3) is 78.0. The summed E-state index contributed by atoms with van der Waals surface area (Å²) in [6.45, 7) is 0. The summed E-state index contributed by atoms with van der Waals surface area (Å²) in [7, 11) is 0. The van der Waals surface area contributed by atoms with Crippen molar-refractivity contribution in [1.29, 1.82) is 0 Å². The zero-order valence-corrected chi connectivity index (χ0v) is 9.57. The average Bonchev–Trinajstić information content (AvgIpc) is 0.918. The van der Waals surface area contributed by atoms with E-state index in [4.69, 9.17) is 23.2 Å². The Kier molecular flexibility index (Phi) is 333. The van der Waals surface area contributed by atoms with Crippen LogP contribution in [0.5, 0.6) is 0 Å². The molecule has 0 saturated heterocycles. The SMILES string of the molecule is ClCCl.[Cl-].[Cl-].[Cl-].[Cl-].[Ti+4]. The van der Waals surface area contributed by atoms with Gasteiger partial charge in [-0.3, -0.25) is 0 Å². The summed E-state index contributed by atoms with van der Waals surface area (Å²) in [6.07, 6.45) is 0. The first-order chi connectivity index (χ1) is 1.41. The van der Waals surface area contributed by atoms with Gasteiger partial charge in [0.05, 0.1) is 5.34 Å². The van der Waals surface area contributed by atoms with Crippen LogP contribution in [0.1, 0.15) is 0 Å². The maximum Gasteiger partial charge on any atom is 4.00 e. The number of alkyl halides is 2. The van der Waals surface area contributed by atoms with Crippen LogP contribution in [0.3, 0.4) is 0 Å². The standard InChI is InChI=1S/CH2Cl2.4ClH.Ti/c2-1-3;;;;;/h1H2;4*1H;/q;;;;;+4/p-4. The van der Waals surface area contributed by atoms with Gasteiger partial charge in [0, 0.05) is 0 Å². The Labute approximate surface area is 99.0 Å². The van der Waals surface area contributed by atoms with Crippen molar-refractivity contribution in [1.82, 2.24) is 0 Å². The van der Waals surface area contributed by atoms with Crippen molar-refractivity contribution in [3.8, 4) is 0 Å². The van der Waals surface area contributed by atoms with Crippen molar-refractivity contribution in [2.24, 2.45) is 0 Å². The summed E-state index contributed by atoms with van der Waals surface area (Å²) < 4.78 is 0. The molecule has 8 heavy (non-hydrogen) atoms. The van der Waals surface area contributed by atoms with Crippen LogP contribution in [0, 0.1) is 0 Å². The van der Waals surface area contributed by atoms with E-state index in [1.54, 1.807) is 0 Å². The summed E-state index contributed by atoms with van der Waals surface area (Å²) in [5.74, 6) is 0. The van der Waals surface area contributed by atoms with Gasteiger partial charge < -0.3 is 49.6 Å². The molecule has 0 aromatic rings. The molecule has 0 fully saturated rings. The number of hydrogen-bond acceptors (Lipinski definition) is 0. The molecule has 0 rings (SSSR count). The van der Waals surface area contributed by atoms with E-state index in [1.165, 1.54) is 0 Å². The fourth-order valence-electron chi connectivity index (χ4n) is 0. The molecule has 0 atom stereocenters. The van der Waals surface area contributed by atoms with Crippen LogP contribution in [0.15, 0.2) is 0 Å². The first-order valence-electron chi connectivity index (χ1n) is 0.535. The Balaban J connectivity index is -0.00000000200. The third-order valence-electron chi connectivity index (χ3n) is 0. The largest absolute Gasteiger partial charge is 4.00 e. The topological polar surface area (TPSA) is 0 Å². The Morgan fingerprint density at radius 1 is 0.750 bits per heavy atom. The Morgan fingerprint density at radius 2 is 0.750 bits per heavy atom. The Bertz CT molecular complexity index is 8.49. The van der Waals surface area contributed by atoms with Crippen molar-refractivity contribution in [3.63, 3.8) is 0 Å². The molecule has 0 aliphatic rings. The maximum atomic E-state index is 4.76. The summed E-state index contributed by atoms with van der Waals surface area (Å²) in [4.78, 5) is 0. The molecule has 0 bridgehead atoms. The van der Waals surface area contributed by atoms with Gasteiger partial charge in [-0.15, -0.1) is 23.2 Å². The molecule has 0 unspecified atom stereocenters. The second-order valence-corrected chi connectivity index (χ2v) is 0.909. The molecule has 0 saturated carbocycles. The molecule has 7 heteroatoms. The van der Waals surface area contributed by atoms with Crippen molar-refractivity contribution < 1.29 is 71.3 Å². The predicted octanol–water partition coefficient (Wildman–Crippen LogP) is -10.6. The summed E-state index contributed by atoms with van der Waals surface area (Å²) in [5, 5.41) is 0.194. The minimum absolute atomic E-state index is 0. The zero-order chi connectivity index (χ0) is 2.71. The average molecular weight is 275 g/mol. The van der Waals surface area contributed by atoms with E-state index in [-0.39, 0.29) is 76.7 Å². The van der Waals surface area contributed by atoms with E-state index in [2.05, 4.69) is 0 Å². The quantitative estimate of drug-likeness (QED) is 0.304. The normalized spacial score (nSPS) is 2.25. The molecule has 0 N–H and O–H groups in total. The van der Waals surface area contributed by atoms with Gasteiger partial charge in [0.1, 0.15) is 0 Å². The first-order valence-corrected chi connectivity index (χ1v) is 1.60. The van der Waals surface area contributed by atoms with Gasteiger partial charge in [0.15, 0.2) is 0 Å². The molecule has 0 aliphatic heterocycles. The number of halogens is 6. The number of hydrogen-bond donors (Lipinski definition) is 0. The minimum atomic E-state index is 0. The Morgan fingerprint density at radius 3 is 0.750 bits per heavy atom. The fraction of sp³-hybridized carbons (Fsp3) is 1.00. The molecule has 0 amide bonds. The van der Waals surface area contributed by atoms with E-state index in [0.29, 0.717) is 0 Å². The maximum absolute atomic E-state index is 4.76.